The number of benzene rings is 1. The van der Waals surface area contributed by atoms with E-state index in [1.54, 1.807) is 6.07 Å². The minimum Gasteiger partial charge on any atom is -0.478 e. The van der Waals surface area contributed by atoms with Crippen molar-refractivity contribution in [3.05, 3.63) is 28.2 Å². The maximum absolute atomic E-state index is 12.0. The van der Waals surface area contributed by atoms with Crippen molar-refractivity contribution in [2.75, 3.05) is 11.9 Å². The Kier molecular flexibility index (Phi) is 5.14. The van der Waals surface area contributed by atoms with E-state index in [0.29, 0.717) is 23.2 Å². The number of hydrogen-bond donors (Lipinski definition) is 2. The molecule has 1 saturated heterocycles. The van der Waals surface area contributed by atoms with Gasteiger partial charge in [-0.1, -0.05) is 0 Å². The quantitative estimate of drug-likeness (QED) is 0.882. The van der Waals surface area contributed by atoms with Crippen LogP contribution in [0.5, 0.6) is 0 Å². The third-order valence-electron chi connectivity index (χ3n) is 3.17. The van der Waals surface area contributed by atoms with Crippen LogP contribution >= 0.6 is 15.9 Å². The molecular weight excluding hydrogens is 326 g/mol. The predicted octanol–water partition coefficient (Wildman–Crippen LogP) is 3.05. The number of anilines is 1. The monoisotopic (exact) mass is 341 g/mol. The first kappa shape index (κ1) is 15.0. The number of amides is 1. The molecule has 2 N–H and O–H groups in total. The SMILES string of the molecule is O=C(CC1CCCCO1)Nc1cc(C(=O)O)ccc1Br. The number of ether oxygens (including phenoxy) is 1. The average Bonchev–Trinajstić information content (AvgIpc) is 2.42. The molecule has 0 bridgehead atoms. The Bertz CT molecular complexity index is 512. The molecule has 1 aromatic carbocycles. The lowest BCUT2D eigenvalue weighted by Gasteiger charge is -2.22. The molecule has 108 valence electrons. The minimum atomic E-state index is -1.02. The molecule has 1 aliphatic rings. The molecule has 1 fully saturated rings. The van der Waals surface area contributed by atoms with Gasteiger partial charge in [0, 0.05) is 11.1 Å². The van der Waals surface area contributed by atoms with E-state index in [1.165, 1.54) is 12.1 Å². The van der Waals surface area contributed by atoms with Gasteiger partial charge in [0.15, 0.2) is 0 Å². The molecule has 1 atom stereocenters. The summed E-state index contributed by atoms with van der Waals surface area (Å²) in [4.78, 5) is 22.9. The summed E-state index contributed by atoms with van der Waals surface area (Å²) >= 11 is 3.29. The number of hydrogen-bond acceptors (Lipinski definition) is 3. The van der Waals surface area contributed by atoms with Crippen molar-refractivity contribution in [1.82, 2.24) is 0 Å². The van der Waals surface area contributed by atoms with E-state index < -0.39 is 5.97 Å². The zero-order valence-corrected chi connectivity index (χ0v) is 12.5. The second-order valence-electron chi connectivity index (χ2n) is 4.74. The molecule has 0 saturated carbocycles. The zero-order valence-electron chi connectivity index (χ0n) is 10.9. The highest BCUT2D eigenvalue weighted by atomic mass is 79.9. The normalized spacial score (nSPS) is 18.6. The Morgan fingerprint density at radius 1 is 1.40 bits per heavy atom. The van der Waals surface area contributed by atoms with E-state index in [9.17, 15) is 9.59 Å². The highest BCUT2D eigenvalue weighted by Crippen LogP contribution is 2.24. The molecule has 20 heavy (non-hydrogen) atoms. The number of aromatic carboxylic acids is 1. The third kappa shape index (κ3) is 4.05. The summed E-state index contributed by atoms with van der Waals surface area (Å²) < 4.78 is 6.16. The van der Waals surface area contributed by atoms with Crippen molar-refractivity contribution in [2.24, 2.45) is 0 Å². The topological polar surface area (TPSA) is 75.6 Å². The van der Waals surface area contributed by atoms with Crippen molar-refractivity contribution in [1.29, 1.82) is 0 Å². The van der Waals surface area contributed by atoms with E-state index in [2.05, 4.69) is 21.2 Å². The number of carboxylic acids is 1. The molecule has 6 heteroatoms. The van der Waals surface area contributed by atoms with E-state index in [4.69, 9.17) is 9.84 Å². The van der Waals surface area contributed by atoms with E-state index in [1.807, 2.05) is 0 Å². The molecule has 1 unspecified atom stereocenters. The van der Waals surface area contributed by atoms with Crippen LogP contribution in [0, 0.1) is 0 Å². The summed E-state index contributed by atoms with van der Waals surface area (Å²) in [5, 5.41) is 11.7. The Labute approximate surface area is 125 Å². The number of nitrogens with one attached hydrogen (secondary N) is 1. The van der Waals surface area contributed by atoms with Gasteiger partial charge in [-0.05, 0) is 53.4 Å². The van der Waals surface area contributed by atoms with Gasteiger partial charge < -0.3 is 15.2 Å². The first-order valence-electron chi connectivity index (χ1n) is 6.50. The standard InChI is InChI=1S/C14H16BrNO4/c15-11-5-4-9(14(18)19)7-12(11)16-13(17)8-10-3-1-2-6-20-10/h4-5,7,10H,1-3,6,8H2,(H,16,17)(H,18,19). The van der Waals surface area contributed by atoms with Crippen LogP contribution in [0.3, 0.4) is 0 Å². The first-order chi connectivity index (χ1) is 9.56. The zero-order chi connectivity index (χ0) is 14.5. The van der Waals surface area contributed by atoms with Crippen LogP contribution < -0.4 is 5.32 Å². The highest BCUT2D eigenvalue weighted by molar-refractivity contribution is 9.10. The molecule has 1 amide bonds. The molecule has 1 aliphatic heterocycles. The van der Waals surface area contributed by atoms with Crippen LogP contribution in [0.25, 0.3) is 0 Å². The molecule has 1 aromatic rings. The van der Waals surface area contributed by atoms with Crippen LogP contribution in [-0.2, 0) is 9.53 Å². The fraction of sp³-hybridized carbons (Fsp3) is 0.429. The highest BCUT2D eigenvalue weighted by Gasteiger charge is 2.18. The molecule has 1 heterocycles. The summed E-state index contributed by atoms with van der Waals surface area (Å²) in [5.74, 6) is -1.19. The molecule has 0 spiro atoms. The molecular formula is C14H16BrNO4. The number of carboxylic acid groups (broad SMARTS) is 1. The largest absolute Gasteiger partial charge is 0.478 e. The lowest BCUT2D eigenvalue weighted by molar-refractivity contribution is -0.119. The molecule has 0 radical (unpaired) electrons. The second kappa shape index (κ2) is 6.85. The van der Waals surface area contributed by atoms with E-state index in [0.717, 1.165) is 19.3 Å². The second-order valence-corrected chi connectivity index (χ2v) is 5.59. The van der Waals surface area contributed by atoms with Gasteiger partial charge in [-0.25, -0.2) is 4.79 Å². The van der Waals surface area contributed by atoms with Gasteiger partial charge in [-0.15, -0.1) is 0 Å². The number of carbonyl (C=O) groups is 2. The van der Waals surface area contributed by atoms with E-state index >= 15 is 0 Å². The van der Waals surface area contributed by atoms with Gasteiger partial charge in [0.2, 0.25) is 5.91 Å². The average molecular weight is 342 g/mol. The third-order valence-corrected chi connectivity index (χ3v) is 3.87. The molecule has 2 rings (SSSR count). The lowest BCUT2D eigenvalue weighted by Crippen LogP contribution is -2.25. The van der Waals surface area contributed by atoms with Gasteiger partial charge in [0.25, 0.3) is 0 Å². The summed E-state index contributed by atoms with van der Waals surface area (Å²) in [6.07, 6.45) is 3.28. The van der Waals surface area contributed by atoms with Gasteiger partial charge in [-0.2, -0.15) is 0 Å². The van der Waals surface area contributed by atoms with Gasteiger partial charge in [-0.3, -0.25) is 4.79 Å². The lowest BCUT2D eigenvalue weighted by atomic mass is 10.1. The summed E-state index contributed by atoms with van der Waals surface area (Å²) in [6, 6.07) is 4.52. The maximum Gasteiger partial charge on any atom is 0.335 e. The molecule has 0 aromatic heterocycles. The van der Waals surface area contributed by atoms with Crippen LogP contribution in [0.15, 0.2) is 22.7 Å². The molecule has 0 aliphatic carbocycles. The fourth-order valence-electron chi connectivity index (χ4n) is 2.13. The fourth-order valence-corrected chi connectivity index (χ4v) is 2.48. The van der Waals surface area contributed by atoms with Crippen LogP contribution in [0.1, 0.15) is 36.0 Å². The van der Waals surface area contributed by atoms with Crippen molar-refractivity contribution in [3.63, 3.8) is 0 Å². The van der Waals surface area contributed by atoms with Crippen molar-refractivity contribution < 1.29 is 19.4 Å². The Morgan fingerprint density at radius 3 is 2.85 bits per heavy atom. The Morgan fingerprint density at radius 2 is 2.20 bits per heavy atom. The predicted molar refractivity (Wildman–Crippen MR) is 77.9 cm³/mol. The Hall–Kier alpha value is -1.40. The van der Waals surface area contributed by atoms with Gasteiger partial charge >= 0.3 is 5.97 Å². The Balaban J connectivity index is 1.99. The van der Waals surface area contributed by atoms with Crippen molar-refractivity contribution >= 4 is 33.5 Å². The van der Waals surface area contributed by atoms with Crippen LogP contribution in [0.2, 0.25) is 0 Å². The van der Waals surface area contributed by atoms with Crippen LogP contribution in [-0.4, -0.2) is 29.7 Å². The van der Waals surface area contributed by atoms with Crippen LogP contribution in [0.4, 0.5) is 5.69 Å². The summed E-state index contributed by atoms with van der Waals surface area (Å²) in [7, 11) is 0. The number of halogens is 1. The van der Waals surface area contributed by atoms with Crippen molar-refractivity contribution in [2.45, 2.75) is 31.8 Å². The maximum atomic E-state index is 12.0. The minimum absolute atomic E-state index is 0.0369. The smallest absolute Gasteiger partial charge is 0.335 e. The van der Waals surface area contributed by atoms with E-state index in [-0.39, 0.29) is 17.6 Å². The molecule has 5 nitrogen and oxygen atoms in total. The number of rotatable bonds is 4. The van der Waals surface area contributed by atoms with Gasteiger partial charge in [0.05, 0.1) is 23.8 Å². The van der Waals surface area contributed by atoms with Crippen molar-refractivity contribution in [3.8, 4) is 0 Å². The van der Waals surface area contributed by atoms with Gasteiger partial charge in [0.1, 0.15) is 0 Å². The number of carbonyl (C=O) groups excluding carboxylic acids is 1. The summed E-state index contributed by atoms with van der Waals surface area (Å²) in [5.41, 5.74) is 0.600. The first-order valence-corrected chi connectivity index (χ1v) is 7.30. The summed E-state index contributed by atoms with van der Waals surface area (Å²) in [6.45, 7) is 0.705.